The largest absolute Gasteiger partial charge is 0.319 e. The van der Waals surface area contributed by atoms with E-state index in [0.29, 0.717) is 0 Å². The third kappa shape index (κ3) is 1.28. The van der Waals surface area contributed by atoms with Crippen LogP contribution >= 0.6 is 0 Å². The fourth-order valence-electron chi connectivity index (χ4n) is 3.18. The van der Waals surface area contributed by atoms with Crippen molar-refractivity contribution in [3.8, 4) is 0 Å². The molecule has 2 rings (SSSR count). The van der Waals surface area contributed by atoms with Crippen LogP contribution in [0.1, 0.15) is 44.9 Å². The maximum Gasteiger partial charge on any atom is 0.000746 e. The van der Waals surface area contributed by atoms with Crippen LogP contribution in [0, 0.1) is 11.3 Å². The predicted molar refractivity (Wildman–Crippen MR) is 52.2 cm³/mol. The van der Waals surface area contributed by atoms with E-state index in [9.17, 15) is 0 Å². The number of hydrogen-bond donors (Lipinski definition) is 1. The van der Waals surface area contributed by atoms with Crippen molar-refractivity contribution in [2.45, 2.75) is 44.9 Å². The van der Waals surface area contributed by atoms with Gasteiger partial charge in [-0.15, -0.1) is 0 Å². The Bertz CT molecular complexity index is 143. The van der Waals surface area contributed by atoms with E-state index in [4.69, 9.17) is 0 Å². The third-order valence-corrected chi connectivity index (χ3v) is 4.10. The van der Waals surface area contributed by atoms with Crippen LogP contribution in [-0.4, -0.2) is 13.6 Å². The SMILES string of the molecule is CNCC1(C2CCC2)CCCC1. The molecule has 2 aliphatic rings. The molecular formula is C11H21N. The van der Waals surface area contributed by atoms with Crippen molar-refractivity contribution in [3.05, 3.63) is 0 Å². The van der Waals surface area contributed by atoms with Crippen molar-refractivity contribution in [1.82, 2.24) is 5.32 Å². The van der Waals surface area contributed by atoms with Gasteiger partial charge in [0.1, 0.15) is 0 Å². The summed E-state index contributed by atoms with van der Waals surface area (Å²) in [5, 5.41) is 3.40. The molecule has 2 fully saturated rings. The summed E-state index contributed by atoms with van der Waals surface area (Å²) < 4.78 is 0. The van der Waals surface area contributed by atoms with Crippen LogP contribution in [0.3, 0.4) is 0 Å². The van der Waals surface area contributed by atoms with Gasteiger partial charge < -0.3 is 5.32 Å². The maximum atomic E-state index is 3.40. The molecule has 0 aliphatic heterocycles. The summed E-state index contributed by atoms with van der Waals surface area (Å²) >= 11 is 0. The molecule has 1 nitrogen and oxygen atoms in total. The van der Waals surface area contributed by atoms with Crippen LogP contribution in [0.2, 0.25) is 0 Å². The van der Waals surface area contributed by atoms with E-state index >= 15 is 0 Å². The van der Waals surface area contributed by atoms with Gasteiger partial charge in [0, 0.05) is 6.54 Å². The van der Waals surface area contributed by atoms with Gasteiger partial charge in [-0.05, 0) is 44.1 Å². The van der Waals surface area contributed by atoms with Gasteiger partial charge in [-0.25, -0.2) is 0 Å². The summed E-state index contributed by atoms with van der Waals surface area (Å²) in [5.74, 6) is 1.08. The normalized spacial score (nSPS) is 28.8. The van der Waals surface area contributed by atoms with Gasteiger partial charge in [-0.1, -0.05) is 19.3 Å². The van der Waals surface area contributed by atoms with Crippen LogP contribution in [0.5, 0.6) is 0 Å². The van der Waals surface area contributed by atoms with E-state index in [1.807, 2.05) is 0 Å². The Morgan fingerprint density at radius 1 is 1.17 bits per heavy atom. The van der Waals surface area contributed by atoms with Gasteiger partial charge >= 0.3 is 0 Å². The molecule has 12 heavy (non-hydrogen) atoms. The van der Waals surface area contributed by atoms with E-state index in [0.717, 1.165) is 11.3 Å². The maximum absolute atomic E-state index is 3.40. The smallest absolute Gasteiger partial charge is 0.000746 e. The lowest BCUT2D eigenvalue weighted by Crippen LogP contribution is -2.40. The number of nitrogens with one attached hydrogen (secondary N) is 1. The molecule has 0 saturated heterocycles. The minimum absolute atomic E-state index is 0.729. The van der Waals surface area contributed by atoms with Gasteiger partial charge in [-0.2, -0.15) is 0 Å². The summed E-state index contributed by atoms with van der Waals surface area (Å²) in [6.45, 7) is 1.28. The van der Waals surface area contributed by atoms with Crippen LogP contribution < -0.4 is 5.32 Å². The highest BCUT2D eigenvalue weighted by Gasteiger charge is 2.42. The average molecular weight is 167 g/mol. The zero-order valence-electron chi connectivity index (χ0n) is 8.23. The van der Waals surface area contributed by atoms with E-state index in [2.05, 4.69) is 12.4 Å². The predicted octanol–water partition coefficient (Wildman–Crippen LogP) is 2.57. The Hall–Kier alpha value is -0.0400. The average Bonchev–Trinajstić information content (AvgIpc) is 2.34. The van der Waals surface area contributed by atoms with Crippen molar-refractivity contribution in [2.75, 3.05) is 13.6 Å². The standard InChI is InChI=1S/C11H21N/c1-12-9-11(7-2-3-8-11)10-5-4-6-10/h10,12H,2-9H2,1H3. The van der Waals surface area contributed by atoms with E-state index in [-0.39, 0.29) is 0 Å². The lowest BCUT2D eigenvalue weighted by Gasteiger charge is -2.43. The van der Waals surface area contributed by atoms with Crippen LogP contribution in [0.4, 0.5) is 0 Å². The quantitative estimate of drug-likeness (QED) is 0.681. The lowest BCUT2D eigenvalue weighted by molar-refractivity contribution is 0.0894. The second-order valence-electron chi connectivity index (χ2n) is 4.73. The molecular weight excluding hydrogens is 146 g/mol. The van der Waals surface area contributed by atoms with Crippen molar-refractivity contribution in [3.63, 3.8) is 0 Å². The van der Waals surface area contributed by atoms with E-state index in [1.54, 1.807) is 0 Å². The zero-order valence-corrected chi connectivity index (χ0v) is 8.23. The minimum atomic E-state index is 0.729. The topological polar surface area (TPSA) is 12.0 Å². The Morgan fingerprint density at radius 3 is 2.25 bits per heavy atom. The van der Waals surface area contributed by atoms with Crippen LogP contribution in [0.25, 0.3) is 0 Å². The highest BCUT2D eigenvalue weighted by Crippen LogP contribution is 2.51. The summed E-state index contributed by atoms with van der Waals surface area (Å²) in [5.41, 5.74) is 0.729. The van der Waals surface area contributed by atoms with Crippen molar-refractivity contribution >= 4 is 0 Å². The van der Waals surface area contributed by atoms with Gasteiger partial charge in [0.05, 0.1) is 0 Å². The van der Waals surface area contributed by atoms with Gasteiger partial charge in [-0.3, -0.25) is 0 Å². The van der Waals surface area contributed by atoms with Crippen molar-refractivity contribution in [1.29, 1.82) is 0 Å². The molecule has 0 heterocycles. The molecule has 0 atom stereocenters. The second-order valence-corrected chi connectivity index (χ2v) is 4.73. The lowest BCUT2D eigenvalue weighted by atomic mass is 9.64. The molecule has 1 heteroatoms. The number of rotatable bonds is 3. The Labute approximate surface area is 75.9 Å². The van der Waals surface area contributed by atoms with E-state index < -0.39 is 0 Å². The zero-order chi connectivity index (χ0) is 8.44. The van der Waals surface area contributed by atoms with Gasteiger partial charge in [0.15, 0.2) is 0 Å². The summed E-state index contributed by atoms with van der Waals surface area (Å²) in [6, 6.07) is 0. The highest BCUT2D eigenvalue weighted by atomic mass is 14.8. The monoisotopic (exact) mass is 167 g/mol. The first-order valence-corrected chi connectivity index (χ1v) is 5.52. The first-order valence-electron chi connectivity index (χ1n) is 5.52. The molecule has 2 saturated carbocycles. The van der Waals surface area contributed by atoms with Crippen LogP contribution in [-0.2, 0) is 0 Å². The molecule has 0 bridgehead atoms. The molecule has 0 radical (unpaired) electrons. The molecule has 70 valence electrons. The van der Waals surface area contributed by atoms with Crippen LogP contribution in [0.15, 0.2) is 0 Å². The molecule has 0 spiro atoms. The Morgan fingerprint density at radius 2 is 1.83 bits per heavy atom. The first-order chi connectivity index (χ1) is 5.87. The van der Waals surface area contributed by atoms with E-state index in [1.165, 1.54) is 51.5 Å². The molecule has 0 aromatic carbocycles. The molecule has 1 N–H and O–H groups in total. The van der Waals surface area contributed by atoms with Crippen molar-refractivity contribution < 1.29 is 0 Å². The summed E-state index contributed by atoms with van der Waals surface area (Å²) in [4.78, 5) is 0. The molecule has 2 aliphatic carbocycles. The Kier molecular flexibility index (Phi) is 2.40. The first kappa shape index (κ1) is 8.55. The Balaban J connectivity index is 1.99. The summed E-state index contributed by atoms with van der Waals surface area (Å²) in [6.07, 6.45) is 10.5. The second kappa shape index (κ2) is 3.37. The molecule has 0 aromatic heterocycles. The number of hydrogen-bond acceptors (Lipinski definition) is 1. The molecule has 0 amide bonds. The third-order valence-electron chi connectivity index (χ3n) is 4.10. The highest BCUT2D eigenvalue weighted by molar-refractivity contribution is 4.95. The minimum Gasteiger partial charge on any atom is -0.319 e. The van der Waals surface area contributed by atoms with Gasteiger partial charge in [0.2, 0.25) is 0 Å². The summed E-state index contributed by atoms with van der Waals surface area (Å²) in [7, 11) is 2.11. The van der Waals surface area contributed by atoms with Gasteiger partial charge in [0.25, 0.3) is 0 Å². The van der Waals surface area contributed by atoms with Crippen molar-refractivity contribution in [2.24, 2.45) is 11.3 Å². The fraction of sp³-hybridized carbons (Fsp3) is 1.00. The molecule has 0 aromatic rings. The fourth-order valence-corrected chi connectivity index (χ4v) is 3.18. The molecule has 0 unspecified atom stereocenters.